The molecule has 1 fully saturated rings. The van der Waals surface area contributed by atoms with E-state index in [4.69, 9.17) is 9.47 Å². The summed E-state index contributed by atoms with van der Waals surface area (Å²) < 4.78 is 92.9. The lowest BCUT2D eigenvalue weighted by molar-refractivity contribution is -0.327. The topological polar surface area (TPSA) is 57.2 Å². The molecule has 33 heavy (non-hydrogen) atoms. The average Bonchev–Trinajstić information content (AvgIpc) is 3.14. The minimum absolute atomic E-state index is 0.00266. The number of alkyl halides is 6. The fraction of sp³-hybridized carbons (Fsp3) is 0.381. The van der Waals surface area contributed by atoms with Gasteiger partial charge in [0.1, 0.15) is 24.2 Å². The van der Waals surface area contributed by atoms with Crippen LogP contribution in [0.2, 0.25) is 0 Å². The summed E-state index contributed by atoms with van der Waals surface area (Å²) >= 11 is 0. The van der Waals surface area contributed by atoms with Gasteiger partial charge in [-0.25, -0.2) is 4.79 Å². The highest BCUT2D eigenvalue weighted by Crippen LogP contribution is 2.29. The number of hydrogen-bond acceptors (Lipinski definition) is 5. The second kappa shape index (κ2) is 10.2. The molecule has 1 saturated heterocycles. The number of amides is 1. The third-order valence-corrected chi connectivity index (χ3v) is 4.62. The maximum Gasteiger partial charge on any atom is 0.573 e. The van der Waals surface area contributed by atoms with Gasteiger partial charge in [-0.3, -0.25) is 9.64 Å². The van der Waals surface area contributed by atoms with Gasteiger partial charge in [-0.2, -0.15) is 0 Å². The predicted molar refractivity (Wildman–Crippen MR) is 101 cm³/mol. The van der Waals surface area contributed by atoms with Gasteiger partial charge in [-0.15, -0.1) is 26.3 Å². The highest BCUT2D eigenvalue weighted by atomic mass is 19.4. The fourth-order valence-corrected chi connectivity index (χ4v) is 3.25. The largest absolute Gasteiger partial charge is 0.573 e. The standard InChI is InChI=1S/C21H19F6NO5/c22-20(23,24)31-13-15-10-18(32-16-6-8-17(9-7-16)33-21(25,26)27)11-28(15)19(29)30-12-14-4-2-1-3-5-14/h1-9,15,18H,10-13H2/t15-,18-/m0/s1. The van der Waals surface area contributed by atoms with Gasteiger partial charge in [0.15, 0.2) is 0 Å². The molecule has 2 aromatic carbocycles. The third kappa shape index (κ3) is 8.04. The number of likely N-dealkylation sites (tertiary alicyclic amines) is 1. The normalized spacial score (nSPS) is 18.8. The molecule has 0 N–H and O–H groups in total. The minimum Gasteiger partial charge on any atom is -0.488 e. The van der Waals surface area contributed by atoms with E-state index < -0.39 is 43.3 Å². The number of carbonyl (C=O) groups is 1. The summed E-state index contributed by atoms with van der Waals surface area (Å²) in [4.78, 5) is 13.6. The maximum atomic E-state index is 12.5. The Morgan fingerprint density at radius 3 is 2.15 bits per heavy atom. The molecular weight excluding hydrogens is 460 g/mol. The number of halogens is 6. The molecule has 1 aliphatic rings. The summed E-state index contributed by atoms with van der Waals surface area (Å²) in [5.41, 5.74) is 0.696. The number of ether oxygens (including phenoxy) is 4. The van der Waals surface area contributed by atoms with E-state index in [1.165, 1.54) is 12.1 Å². The first-order valence-corrected chi connectivity index (χ1v) is 9.69. The molecule has 0 saturated carbocycles. The van der Waals surface area contributed by atoms with E-state index >= 15 is 0 Å². The fourth-order valence-electron chi connectivity index (χ4n) is 3.25. The summed E-state index contributed by atoms with van der Waals surface area (Å²) in [6, 6.07) is 12.2. The van der Waals surface area contributed by atoms with E-state index in [-0.39, 0.29) is 25.3 Å². The molecule has 1 aliphatic heterocycles. The highest BCUT2D eigenvalue weighted by molar-refractivity contribution is 5.68. The Hall–Kier alpha value is -3.15. The monoisotopic (exact) mass is 479 g/mol. The summed E-state index contributed by atoms with van der Waals surface area (Å²) in [7, 11) is 0. The lowest BCUT2D eigenvalue weighted by atomic mass is 10.2. The van der Waals surface area contributed by atoms with Crippen molar-refractivity contribution in [3.05, 3.63) is 60.2 Å². The van der Waals surface area contributed by atoms with Gasteiger partial charge in [0.25, 0.3) is 0 Å². The Balaban J connectivity index is 1.62. The second-order valence-electron chi connectivity index (χ2n) is 7.10. The van der Waals surface area contributed by atoms with Crippen LogP contribution < -0.4 is 9.47 Å². The van der Waals surface area contributed by atoms with Crippen LogP contribution in [0.1, 0.15) is 12.0 Å². The molecular formula is C21H19F6NO5. The predicted octanol–water partition coefficient (Wildman–Crippen LogP) is 5.28. The van der Waals surface area contributed by atoms with Crippen LogP contribution in [0.3, 0.4) is 0 Å². The van der Waals surface area contributed by atoms with E-state index in [0.717, 1.165) is 17.0 Å². The van der Waals surface area contributed by atoms with Gasteiger partial charge in [0, 0.05) is 6.42 Å². The van der Waals surface area contributed by atoms with Crippen LogP contribution in [0.4, 0.5) is 31.1 Å². The smallest absolute Gasteiger partial charge is 0.488 e. The Morgan fingerprint density at radius 1 is 0.909 bits per heavy atom. The van der Waals surface area contributed by atoms with Gasteiger partial charge in [0.2, 0.25) is 0 Å². The Morgan fingerprint density at radius 2 is 1.55 bits per heavy atom. The van der Waals surface area contributed by atoms with Gasteiger partial charge in [-0.05, 0) is 29.8 Å². The minimum atomic E-state index is -4.88. The van der Waals surface area contributed by atoms with Crippen molar-refractivity contribution in [2.45, 2.75) is 37.9 Å². The zero-order chi connectivity index (χ0) is 24.1. The molecule has 1 amide bonds. The van der Waals surface area contributed by atoms with Crippen LogP contribution in [-0.2, 0) is 16.1 Å². The summed E-state index contributed by atoms with van der Waals surface area (Å²) in [5, 5.41) is 0. The molecule has 0 unspecified atom stereocenters. The van der Waals surface area contributed by atoms with Crippen LogP contribution in [0, 0.1) is 0 Å². The first kappa shape index (κ1) is 24.5. The molecule has 0 radical (unpaired) electrons. The summed E-state index contributed by atoms with van der Waals surface area (Å²) in [6.07, 6.45) is -11.3. The molecule has 2 atom stereocenters. The van der Waals surface area contributed by atoms with E-state index in [1.54, 1.807) is 30.3 Å². The molecule has 0 aromatic heterocycles. The van der Waals surface area contributed by atoms with Crippen LogP contribution in [0.5, 0.6) is 11.5 Å². The van der Waals surface area contributed by atoms with Crippen LogP contribution in [-0.4, -0.2) is 49.0 Å². The zero-order valence-corrected chi connectivity index (χ0v) is 16.9. The summed E-state index contributed by atoms with van der Waals surface area (Å²) in [5.74, 6) is -0.298. The Bertz CT molecular complexity index is 904. The van der Waals surface area contributed by atoms with Crippen LogP contribution >= 0.6 is 0 Å². The van der Waals surface area contributed by atoms with Crippen molar-refractivity contribution in [2.24, 2.45) is 0 Å². The first-order chi connectivity index (χ1) is 15.5. The average molecular weight is 479 g/mol. The van der Waals surface area contributed by atoms with E-state index in [2.05, 4.69) is 9.47 Å². The molecule has 0 aliphatic carbocycles. The number of rotatable bonds is 7. The number of nitrogens with zero attached hydrogens (tertiary/aromatic N) is 1. The quantitative estimate of drug-likeness (QED) is 0.506. The van der Waals surface area contributed by atoms with Crippen molar-refractivity contribution in [2.75, 3.05) is 13.2 Å². The molecule has 0 bridgehead atoms. The molecule has 6 nitrogen and oxygen atoms in total. The second-order valence-corrected chi connectivity index (χ2v) is 7.10. The first-order valence-electron chi connectivity index (χ1n) is 9.69. The number of carbonyl (C=O) groups excluding carboxylic acids is 1. The van der Waals surface area contributed by atoms with Gasteiger partial charge >= 0.3 is 18.8 Å². The van der Waals surface area contributed by atoms with Crippen molar-refractivity contribution in [1.29, 1.82) is 0 Å². The van der Waals surface area contributed by atoms with Gasteiger partial charge < -0.3 is 14.2 Å². The molecule has 180 valence electrons. The van der Waals surface area contributed by atoms with E-state index in [1.807, 2.05) is 0 Å². The molecule has 2 aromatic rings. The summed E-state index contributed by atoms with van der Waals surface area (Å²) in [6.45, 7) is -0.988. The van der Waals surface area contributed by atoms with E-state index in [0.29, 0.717) is 5.56 Å². The Labute approximate surface area is 184 Å². The van der Waals surface area contributed by atoms with Crippen LogP contribution in [0.25, 0.3) is 0 Å². The molecule has 12 heteroatoms. The number of hydrogen-bond donors (Lipinski definition) is 0. The molecule has 0 spiro atoms. The Kier molecular flexibility index (Phi) is 7.57. The van der Waals surface area contributed by atoms with Crippen molar-refractivity contribution in [3.63, 3.8) is 0 Å². The SMILES string of the molecule is O=C(OCc1ccccc1)N1C[C@@H](Oc2ccc(OC(F)(F)F)cc2)C[C@H]1COC(F)(F)F. The van der Waals surface area contributed by atoms with Gasteiger partial charge in [-0.1, -0.05) is 30.3 Å². The van der Waals surface area contributed by atoms with Gasteiger partial charge in [0.05, 0.1) is 19.2 Å². The zero-order valence-electron chi connectivity index (χ0n) is 16.9. The lowest BCUT2D eigenvalue weighted by Gasteiger charge is -2.23. The molecule has 1 heterocycles. The van der Waals surface area contributed by atoms with Crippen molar-refractivity contribution < 1.29 is 50.1 Å². The van der Waals surface area contributed by atoms with Crippen molar-refractivity contribution in [1.82, 2.24) is 4.90 Å². The maximum absolute atomic E-state index is 12.5. The van der Waals surface area contributed by atoms with Crippen molar-refractivity contribution >= 4 is 6.09 Å². The molecule has 3 rings (SSSR count). The van der Waals surface area contributed by atoms with E-state index in [9.17, 15) is 31.1 Å². The highest BCUT2D eigenvalue weighted by Gasteiger charge is 2.40. The third-order valence-electron chi connectivity index (χ3n) is 4.62. The number of benzene rings is 2. The van der Waals surface area contributed by atoms with Crippen LogP contribution in [0.15, 0.2) is 54.6 Å². The lowest BCUT2D eigenvalue weighted by Crippen LogP contribution is -2.40. The van der Waals surface area contributed by atoms with Crippen molar-refractivity contribution in [3.8, 4) is 11.5 Å².